The summed E-state index contributed by atoms with van der Waals surface area (Å²) in [6.07, 6.45) is 1.17. The van der Waals surface area contributed by atoms with Gasteiger partial charge in [0.25, 0.3) is 5.91 Å². The van der Waals surface area contributed by atoms with Gasteiger partial charge in [0, 0.05) is 13.7 Å². The van der Waals surface area contributed by atoms with Crippen molar-refractivity contribution in [2.24, 2.45) is 0 Å². The minimum absolute atomic E-state index is 0.00610. The molecule has 3 atom stereocenters. The third kappa shape index (κ3) is 3.44. The molecule has 0 unspecified atom stereocenters. The van der Waals surface area contributed by atoms with E-state index in [1.165, 1.54) is 7.11 Å². The Morgan fingerprint density at radius 3 is 2.38 bits per heavy atom. The lowest BCUT2D eigenvalue weighted by Crippen LogP contribution is -2.71. The van der Waals surface area contributed by atoms with Gasteiger partial charge in [-0.2, -0.15) is 0 Å². The summed E-state index contributed by atoms with van der Waals surface area (Å²) in [5.74, 6) is -0.118. The molecule has 0 aromatic rings. The Morgan fingerprint density at radius 2 is 2.00 bits per heavy atom. The standard InChI is InChI=1S/C15H27NO4Si/c1-8-9-16-12(13(19-5)14(16)18)11(10-17)20-21(6,7)15(2,3)4/h8,10-13H,1,9H2,2-7H3/t11-,12+,13-/m1/s1. The quantitative estimate of drug-likeness (QED) is 0.312. The number of likely N-dealkylation sites (tertiary alicyclic amines) is 1. The van der Waals surface area contributed by atoms with Crippen molar-refractivity contribution < 1.29 is 18.8 Å². The molecule has 1 saturated heterocycles. The van der Waals surface area contributed by atoms with Crippen molar-refractivity contribution in [1.82, 2.24) is 4.90 Å². The van der Waals surface area contributed by atoms with E-state index in [9.17, 15) is 9.59 Å². The summed E-state index contributed by atoms with van der Waals surface area (Å²) in [6.45, 7) is 14.6. The van der Waals surface area contributed by atoms with Gasteiger partial charge in [0.1, 0.15) is 12.4 Å². The summed E-state index contributed by atoms with van der Waals surface area (Å²) in [6, 6.07) is -0.368. The number of ether oxygens (including phenoxy) is 1. The van der Waals surface area contributed by atoms with Crippen LogP contribution in [0, 0.1) is 0 Å². The third-order valence-corrected chi connectivity index (χ3v) is 8.96. The highest BCUT2D eigenvalue weighted by Crippen LogP contribution is 2.39. The average Bonchev–Trinajstić information content (AvgIpc) is 2.38. The number of rotatable bonds is 7. The summed E-state index contributed by atoms with van der Waals surface area (Å²) < 4.78 is 11.4. The number of amides is 1. The van der Waals surface area contributed by atoms with E-state index >= 15 is 0 Å². The third-order valence-electron chi connectivity index (χ3n) is 4.48. The van der Waals surface area contributed by atoms with Crippen LogP contribution in [0.1, 0.15) is 20.8 Å². The number of hydrogen-bond acceptors (Lipinski definition) is 4. The van der Waals surface area contributed by atoms with Gasteiger partial charge in [0.15, 0.2) is 14.4 Å². The zero-order chi connectivity index (χ0) is 16.4. The van der Waals surface area contributed by atoms with Crippen LogP contribution in [0.15, 0.2) is 12.7 Å². The zero-order valence-corrected chi connectivity index (χ0v) is 14.9. The number of nitrogens with zero attached hydrogens (tertiary/aromatic N) is 1. The SMILES string of the molecule is C=CCN1C(=O)[C@H](OC)[C@@H]1[C@@H](C=O)O[Si](C)(C)C(C)(C)C. The number of aldehydes is 1. The molecular formula is C15H27NO4Si. The Kier molecular flexibility index (Phi) is 5.52. The van der Waals surface area contributed by atoms with Crippen molar-refractivity contribution in [3.63, 3.8) is 0 Å². The molecule has 0 bridgehead atoms. The molecule has 1 amide bonds. The fraction of sp³-hybridized carbons (Fsp3) is 0.733. The van der Waals surface area contributed by atoms with Crippen LogP contribution in [0.25, 0.3) is 0 Å². The van der Waals surface area contributed by atoms with Gasteiger partial charge in [0.2, 0.25) is 0 Å². The second-order valence-electron chi connectivity index (χ2n) is 6.91. The molecule has 0 radical (unpaired) electrons. The van der Waals surface area contributed by atoms with Gasteiger partial charge in [-0.3, -0.25) is 4.79 Å². The minimum atomic E-state index is -2.10. The van der Waals surface area contributed by atoms with E-state index < -0.39 is 20.5 Å². The molecule has 0 aliphatic carbocycles. The van der Waals surface area contributed by atoms with Gasteiger partial charge < -0.3 is 18.9 Å². The largest absolute Gasteiger partial charge is 0.405 e. The van der Waals surface area contributed by atoms with E-state index in [4.69, 9.17) is 9.16 Å². The van der Waals surface area contributed by atoms with Gasteiger partial charge in [0.05, 0.1) is 6.04 Å². The lowest BCUT2D eigenvalue weighted by molar-refractivity contribution is -0.177. The minimum Gasteiger partial charge on any atom is -0.405 e. The van der Waals surface area contributed by atoms with Crippen LogP contribution in [0.3, 0.4) is 0 Å². The highest BCUT2D eigenvalue weighted by atomic mass is 28.4. The van der Waals surface area contributed by atoms with E-state index in [1.807, 2.05) is 0 Å². The monoisotopic (exact) mass is 313 g/mol. The molecule has 1 rings (SSSR count). The molecule has 1 aliphatic rings. The van der Waals surface area contributed by atoms with Gasteiger partial charge in [-0.25, -0.2) is 0 Å². The van der Waals surface area contributed by atoms with Gasteiger partial charge in [-0.1, -0.05) is 26.8 Å². The molecule has 0 saturated carbocycles. The fourth-order valence-electron chi connectivity index (χ4n) is 2.17. The van der Waals surface area contributed by atoms with Crippen LogP contribution in [0.5, 0.6) is 0 Å². The maximum absolute atomic E-state index is 12.0. The molecule has 1 aliphatic heterocycles. The van der Waals surface area contributed by atoms with Crippen LogP contribution in [0.2, 0.25) is 18.1 Å². The highest BCUT2D eigenvalue weighted by molar-refractivity contribution is 6.74. The van der Waals surface area contributed by atoms with Crippen molar-refractivity contribution in [3.05, 3.63) is 12.7 Å². The number of β-lactam (4-membered cyclic amide) rings is 1. The van der Waals surface area contributed by atoms with Gasteiger partial charge in [-0.15, -0.1) is 6.58 Å². The molecule has 0 N–H and O–H groups in total. The van der Waals surface area contributed by atoms with E-state index in [1.54, 1.807) is 11.0 Å². The molecule has 0 aromatic carbocycles. The number of carbonyl (C=O) groups is 2. The maximum Gasteiger partial charge on any atom is 0.254 e. The first-order valence-electron chi connectivity index (χ1n) is 7.18. The molecule has 5 nitrogen and oxygen atoms in total. The first kappa shape index (κ1) is 18.1. The van der Waals surface area contributed by atoms with E-state index in [-0.39, 0.29) is 17.0 Å². The topological polar surface area (TPSA) is 55.8 Å². The molecular weight excluding hydrogens is 286 g/mol. The van der Waals surface area contributed by atoms with Gasteiger partial charge >= 0.3 is 0 Å². The Labute approximate surface area is 128 Å². The van der Waals surface area contributed by atoms with E-state index in [2.05, 4.69) is 40.4 Å². The average molecular weight is 313 g/mol. The summed E-state index contributed by atoms with van der Waals surface area (Å²) in [4.78, 5) is 25.1. The normalized spacial score (nSPS) is 24.5. The first-order chi connectivity index (χ1) is 9.60. The number of hydrogen-bond donors (Lipinski definition) is 0. The lowest BCUT2D eigenvalue weighted by atomic mass is 9.93. The summed E-state index contributed by atoms with van der Waals surface area (Å²) in [5.41, 5.74) is 0. The smallest absolute Gasteiger partial charge is 0.254 e. The molecule has 21 heavy (non-hydrogen) atoms. The maximum atomic E-state index is 12.0. The van der Waals surface area contributed by atoms with Crippen LogP contribution < -0.4 is 0 Å². The van der Waals surface area contributed by atoms with Crippen molar-refractivity contribution >= 4 is 20.5 Å². The molecule has 1 fully saturated rings. The summed E-state index contributed by atoms with van der Waals surface area (Å²) in [5, 5.41) is -0.00610. The summed E-state index contributed by atoms with van der Waals surface area (Å²) >= 11 is 0. The predicted molar refractivity (Wildman–Crippen MR) is 84.6 cm³/mol. The summed E-state index contributed by atoms with van der Waals surface area (Å²) in [7, 11) is -0.620. The Balaban J connectivity index is 2.95. The highest BCUT2D eigenvalue weighted by Gasteiger charge is 2.53. The molecule has 0 spiro atoms. The van der Waals surface area contributed by atoms with E-state index in [0.717, 1.165) is 6.29 Å². The van der Waals surface area contributed by atoms with Gasteiger partial charge in [-0.05, 0) is 18.1 Å². The zero-order valence-electron chi connectivity index (χ0n) is 13.9. The van der Waals surface area contributed by atoms with Crippen molar-refractivity contribution in [2.45, 2.75) is 57.2 Å². The number of methoxy groups -OCH3 is 1. The second kappa shape index (κ2) is 6.42. The van der Waals surface area contributed by atoms with E-state index in [0.29, 0.717) is 6.54 Å². The lowest BCUT2D eigenvalue weighted by Gasteiger charge is -2.50. The van der Waals surface area contributed by atoms with Crippen LogP contribution in [0.4, 0.5) is 0 Å². The van der Waals surface area contributed by atoms with Crippen LogP contribution in [-0.2, 0) is 18.8 Å². The Bertz CT molecular complexity index is 416. The molecule has 6 heteroatoms. The van der Waals surface area contributed by atoms with Crippen molar-refractivity contribution in [2.75, 3.05) is 13.7 Å². The molecule has 0 aromatic heterocycles. The molecule has 120 valence electrons. The van der Waals surface area contributed by atoms with Crippen LogP contribution in [-0.4, -0.2) is 57.3 Å². The molecule has 1 heterocycles. The predicted octanol–water partition coefficient (Wildman–Crippen LogP) is 1.99. The Hall–Kier alpha value is -0.983. The number of carbonyl (C=O) groups excluding carboxylic acids is 2. The Morgan fingerprint density at radius 1 is 1.43 bits per heavy atom. The second-order valence-corrected chi connectivity index (χ2v) is 11.7. The fourth-order valence-corrected chi connectivity index (χ4v) is 3.40. The van der Waals surface area contributed by atoms with Crippen molar-refractivity contribution in [3.8, 4) is 0 Å². The van der Waals surface area contributed by atoms with Crippen LogP contribution >= 0.6 is 0 Å². The van der Waals surface area contributed by atoms with Crippen molar-refractivity contribution in [1.29, 1.82) is 0 Å². The first-order valence-corrected chi connectivity index (χ1v) is 10.1.